The second kappa shape index (κ2) is 5.88. The van der Waals surface area contributed by atoms with Crippen molar-refractivity contribution in [3.8, 4) is 5.75 Å². The molecule has 0 amide bonds. The summed E-state index contributed by atoms with van der Waals surface area (Å²) >= 11 is 0. The van der Waals surface area contributed by atoms with Crippen LogP contribution in [0.15, 0.2) is 36.4 Å². The molecule has 0 aromatic heterocycles. The van der Waals surface area contributed by atoms with Crippen LogP contribution in [0.4, 0.5) is 0 Å². The Morgan fingerprint density at radius 2 is 1.90 bits per heavy atom. The maximum absolute atomic E-state index is 5.85. The van der Waals surface area contributed by atoms with E-state index in [0.717, 1.165) is 11.3 Å². The third kappa shape index (κ3) is 2.67. The van der Waals surface area contributed by atoms with E-state index in [1.807, 2.05) is 6.07 Å². The number of nitrogens with two attached hydrogens (primary N) is 1. The van der Waals surface area contributed by atoms with Gasteiger partial charge in [0.2, 0.25) is 0 Å². The van der Waals surface area contributed by atoms with E-state index in [9.17, 15) is 0 Å². The highest BCUT2D eigenvalue weighted by Gasteiger charge is 2.19. The van der Waals surface area contributed by atoms with Crippen LogP contribution >= 0.6 is 0 Å². The molecule has 21 heavy (non-hydrogen) atoms. The molecule has 1 aliphatic rings. The van der Waals surface area contributed by atoms with Crippen molar-refractivity contribution < 1.29 is 4.74 Å². The molecule has 1 atom stereocenters. The van der Waals surface area contributed by atoms with Crippen molar-refractivity contribution in [2.24, 2.45) is 5.84 Å². The lowest BCUT2D eigenvalue weighted by Gasteiger charge is -2.21. The molecule has 110 valence electrons. The minimum absolute atomic E-state index is 0.0502. The average molecular weight is 282 g/mol. The molecule has 3 rings (SSSR count). The van der Waals surface area contributed by atoms with Gasteiger partial charge in [0.15, 0.2) is 0 Å². The zero-order valence-corrected chi connectivity index (χ0v) is 12.6. The fourth-order valence-corrected chi connectivity index (χ4v) is 3.22. The second-order valence-corrected chi connectivity index (χ2v) is 5.73. The first-order chi connectivity index (χ1) is 10.2. The predicted molar refractivity (Wildman–Crippen MR) is 85.4 cm³/mol. The zero-order chi connectivity index (χ0) is 14.8. The van der Waals surface area contributed by atoms with E-state index in [1.54, 1.807) is 7.11 Å². The summed E-state index contributed by atoms with van der Waals surface area (Å²) in [6.07, 6.45) is 3.63. The van der Waals surface area contributed by atoms with Crippen molar-refractivity contribution in [1.82, 2.24) is 5.43 Å². The molecule has 2 aromatic rings. The molecular weight excluding hydrogens is 260 g/mol. The number of hydrazine groups is 1. The molecule has 3 heteroatoms. The Hall–Kier alpha value is -1.84. The Bertz CT molecular complexity index is 652. The van der Waals surface area contributed by atoms with E-state index in [4.69, 9.17) is 10.6 Å². The van der Waals surface area contributed by atoms with Gasteiger partial charge in [-0.25, -0.2) is 5.43 Å². The number of benzene rings is 2. The summed E-state index contributed by atoms with van der Waals surface area (Å²) in [4.78, 5) is 0. The first kappa shape index (κ1) is 14.1. The summed E-state index contributed by atoms with van der Waals surface area (Å²) in [5.41, 5.74) is 9.36. The van der Waals surface area contributed by atoms with Crippen LogP contribution in [-0.4, -0.2) is 7.11 Å². The lowest BCUT2D eigenvalue weighted by Crippen LogP contribution is -2.29. The van der Waals surface area contributed by atoms with Gasteiger partial charge in [0.25, 0.3) is 0 Å². The van der Waals surface area contributed by atoms with Gasteiger partial charge in [0, 0.05) is 5.56 Å². The number of fused-ring (bicyclic) bond motifs is 1. The van der Waals surface area contributed by atoms with Crippen LogP contribution in [0.2, 0.25) is 0 Å². The van der Waals surface area contributed by atoms with Crippen LogP contribution in [-0.2, 0) is 12.8 Å². The highest BCUT2D eigenvalue weighted by atomic mass is 16.5. The van der Waals surface area contributed by atoms with Gasteiger partial charge < -0.3 is 4.74 Å². The number of rotatable bonds is 4. The Morgan fingerprint density at radius 3 is 2.67 bits per heavy atom. The van der Waals surface area contributed by atoms with E-state index in [1.165, 1.54) is 41.5 Å². The van der Waals surface area contributed by atoms with Crippen molar-refractivity contribution in [3.63, 3.8) is 0 Å². The molecule has 0 heterocycles. The van der Waals surface area contributed by atoms with Crippen molar-refractivity contribution in [1.29, 1.82) is 0 Å². The minimum atomic E-state index is -0.0502. The molecule has 1 aliphatic carbocycles. The fourth-order valence-electron chi connectivity index (χ4n) is 3.22. The van der Waals surface area contributed by atoms with Crippen LogP contribution in [0.3, 0.4) is 0 Å². The highest BCUT2D eigenvalue weighted by Crippen LogP contribution is 2.33. The van der Waals surface area contributed by atoms with Gasteiger partial charge in [-0.2, -0.15) is 0 Å². The fraction of sp³-hybridized carbons (Fsp3) is 0.333. The van der Waals surface area contributed by atoms with Crippen molar-refractivity contribution in [2.45, 2.75) is 32.2 Å². The summed E-state index contributed by atoms with van der Waals surface area (Å²) in [5, 5.41) is 0. The maximum atomic E-state index is 5.85. The quantitative estimate of drug-likeness (QED) is 0.669. The van der Waals surface area contributed by atoms with E-state index in [2.05, 4.69) is 42.7 Å². The summed E-state index contributed by atoms with van der Waals surface area (Å²) < 4.78 is 5.50. The summed E-state index contributed by atoms with van der Waals surface area (Å²) in [6, 6.07) is 12.8. The van der Waals surface area contributed by atoms with Gasteiger partial charge in [-0.15, -0.1) is 0 Å². The second-order valence-electron chi connectivity index (χ2n) is 5.73. The standard InChI is InChI=1S/C18H22N2O/c1-12-6-9-17(21-2)16(10-12)18(20-19)15-8-7-13-4-3-5-14(13)11-15/h6-11,18,20H,3-5,19H2,1-2H3. The van der Waals surface area contributed by atoms with Crippen molar-refractivity contribution >= 4 is 0 Å². The molecule has 1 unspecified atom stereocenters. The number of hydrogen-bond donors (Lipinski definition) is 2. The van der Waals surface area contributed by atoms with Gasteiger partial charge in [-0.05, 0) is 48.9 Å². The molecule has 0 radical (unpaired) electrons. The Morgan fingerprint density at radius 1 is 1.10 bits per heavy atom. The monoisotopic (exact) mass is 282 g/mol. The molecular formula is C18H22N2O. The van der Waals surface area contributed by atoms with Gasteiger partial charge in [0.1, 0.15) is 5.75 Å². The highest BCUT2D eigenvalue weighted by molar-refractivity contribution is 5.46. The number of hydrogen-bond acceptors (Lipinski definition) is 3. The van der Waals surface area contributed by atoms with Gasteiger partial charge in [0.05, 0.1) is 13.2 Å². The van der Waals surface area contributed by atoms with E-state index in [-0.39, 0.29) is 6.04 Å². The SMILES string of the molecule is COc1ccc(C)cc1C(NN)c1ccc2c(c1)CCC2. The van der Waals surface area contributed by atoms with Crippen molar-refractivity contribution in [3.05, 3.63) is 64.2 Å². The lowest BCUT2D eigenvalue weighted by atomic mass is 9.94. The Kier molecular flexibility index (Phi) is 3.95. The largest absolute Gasteiger partial charge is 0.496 e. The van der Waals surface area contributed by atoms with Crippen LogP contribution in [0.25, 0.3) is 0 Å². The molecule has 2 aromatic carbocycles. The summed E-state index contributed by atoms with van der Waals surface area (Å²) in [7, 11) is 1.70. The molecule has 3 N–H and O–H groups in total. The van der Waals surface area contributed by atoms with Crippen molar-refractivity contribution in [2.75, 3.05) is 7.11 Å². The Labute approximate surface area is 126 Å². The molecule has 0 fully saturated rings. The van der Waals surface area contributed by atoms with Crippen LogP contribution in [0.5, 0.6) is 5.75 Å². The minimum Gasteiger partial charge on any atom is -0.496 e. The maximum Gasteiger partial charge on any atom is 0.124 e. The molecule has 0 bridgehead atoms. The first-order valence-electron chi connectivity index (χ1n) is 7.45. The predicted octanol–water partition coefficient (Wildman–Crippen LogP) is 3.05. The van der Waals surface area contributed by atoms with Crippen LogP contribution < -0.4 is 16.0 Å². The third-order valence-corrected chi connectivity index (χ3v) is 4.32. The molecule has 0 saturated heterocycles. The Balaban J connectivity index is 2.04. The van der Waals surface area contributed by atoms with Gasteiger partial charge in [-0.1, -0.05) is 35.9 Å². The van der Waals surface area contributed by atoms with Crippen LogP contribution in [0, 0.1) is 6.92 Å². The lowest BCUT2D eigenvalue weighted by molar-refractivity contribution is 0.404. The molecule has 0 aliphatic heterocycles. The topological polar surface area (TPSA) is 47.3 Å². The zero-order valence-electron chi connectivity index (χ0n) is 12.6. The third-order valence-electron chi connectivity index (χ3n) is 4.32. The molecule has 0 spiro atoms. The van der Waals surface area contributed by atoms with E-state index >= 15 is 0 Å². The number of aryl methyl sites for hydroxylation is 3. The molecule has 0 saturated carbocycles. The summed E-state index contributed by atoms with van der Waals surface area (Å²) in [5.74, 6) is 6.71. The first-order valence-corrected chi connectivity index (χ1v) is 7.45. The molecule has 3 nitrogen and oxygen atoms in total. The average Bonchev–Trinajstić information content (AvgIpc) is 2.96. The number of methoxy groups -OCH3 is 1. The summed E-state index contributed by atoms with van der Waals surface area (Å²) in [6.45, 7) is 2.08. The smallest absolute Gasteiger partial charge is 0.124 e. The van der Waals surface area contributed by atoms with E-state index < -0.39 is 0 Å². The number of nitrogens with one attached hydrogen (secondary N) is 1. The van der Waals surface area contributed by atoms with Gasteiger partial charge >= 0.3 is 0 Å². The van der Waals surface area contributed by atoms with E-state index in [0.29, 0.717) is 0 Å². The number of ether oxygens (including phenoxy) is 1. The van der Waals surface area contributed by atoms with Crippen LogP contribution in [0.1, 0.15) is 40.3 Å². The van der Waals surface area contributed by atoms with Gasteiger partial charge in [-0.3, -0.25) is 5.84 Å². The normalized spacial score (nSPS) is 14.8.